The van der Waals surface area contributed by atoms with Crippen LogP contribution >= 0.6 is 0 Å². The standard InChI is InChI=1S/C32H44N6O3/c1-21(2)34-29(39)23-8-10-26(11-9-23)38-28-18-22(20-37-16-13-25(14-17-37)32(3,4)41)7-12-27(28)35-31(38)36-30(40)24-6-5-15-33-19-24/h5-7,12,15,18-19,21,23,25-26,41H,8-11,13-14,16-17,20H2,1-4H3,(H,34,39)(H,35,36,40). The van der Waals surface area contributed by atoms with Crippen LogP contribution in [-0.2, 0) is 11.3 Å². The highest BCUT2D eigenvalue weighted by molar-refractivity contribution is 5.94. The van der Waals surface area contributed by atoms with Gasteiger partial charge in [-0.05, 0) is 115 Å². The number of nitrogens with one attached hydrogen (secondary N) is 2. The van der Waals surface area contributed by atoms with Crippen LogP contribution < -0.4 is 10.9 Å². The van der Waals surface area contributed by atoms with Crippen LogP contribution in [0.5, 0.6) is 0 Å². The Hall–Kier alpha value is -3.30. The van der Waals surface area contributed by atoms with Crippen molar-refractivity contribution < 1.29 is 14.7 Å². The number of aromatic nitrogens is 3. The Morgan fingerprint density at radius 3 is 2.49 bits per heavy atom. The summed E-state index contributed by atoms with van der Waals surface area (Å²) < 4.78 is 2.18. The third-order valence-electron chi connectivity index (χ3n) is 8.77. The summed E-state index contributed by atoms with van der Waals surface area (Å²) in [5.74, 6) is 0.138. The minimum absolute atomic E-state index is 0.0132. The molecule has 9 nitrogen and oxygen atoms in total. The molecule has 0 unspecified atom stereocenters. The Morgan fingerprint density at radius 1 is 1.12 bits per heavy atom. The van der Waals surface area contributed by atoms with Crippen molar-refractivity contribution in [1.29, 1.82) is 0 Å². The number of aromatic amines is 1. The Bertz CT molecular complexity index is 1420. The summed E-state index contributed by atoms with van der Waals surface area (Å²) >= 11 is 0. The van der Waals surface area contributed by atoms with Gasteiger partial charge in [0, 0.05) is 36.9 Å². The number of amides is 2. The monoisotopic (exact) mass is 560 g/mol. The average Bonchev–Trinajstić information content (AvgIpc) is 3.30. The van der Waals surface area contributed by atoms with Gasteiger partial charge in [-0.15, -0.1) is 0 Å². The molecule has 1 saturated carbocycles. The Kier molecular flexibility index (Phi) is 8.75. The average molecular weight is 561 g/mol. The molecule has 220 valence electrons. The van der Waals surface area contributed by atoms with Crippen LogP contribution in [0.1, 0.15) is 88.2 Å². The van der Waals surface area contributed by atoms with Crippen molar-refractivity contribution in [3.63, 3.8) is 0 Å². The predicted molar refractivity (Wildman–Crippen MR) is 159 cm³/mol. The van der Waals surface area contributed by atoms with Gasteiger partial charge in [-0.3, -0.25) is 19.5 Å². The van der Waals surface area contributed by atoms with Crippen LogP contribution in [0.2, 0.25) is 0 Å². The number of nitrogens with zero attached hydrogens (tertiary/aromatic N) is 4. The van der Waals surface area contributed by atoms with Crippen LogP contribution in [0.4, 0.5) is 0 Å². The number of imidazole rings is 1. The van der Waals surface area contributed by atoms with Crippen molar-refractivity contribution in [2.45, 2.75) is 90.4 Å². The van der Waals surface area contributed by atoms with E-state index < -0.39 is 5.60 Å². The van der Waals surface area contributed by atoms with Crippen molar-refractivity contribution in [2.24, 2.45) is 16.8 Å². The number of fused-ring (bicyclic) bond motifs is 1. The number of aliphatic hydroxyl groups is 1. The largest absolute Gasteiger partial charge is 0.390 e. The van der Waals surface area contributed by atoms with E-state index in [1.165, 1.54) is 11.8 Å². The van der Waals surface area contributed by atoms with Gasteiger partial charge in [0.1, 0.15) is 0 Å². The molecule has 3 heterocycles. The zero-order valence-electron chi connectivity index (χ0n) is 24.8. The molecule has 41 heavy (non-hydrogen) atoms. The van der Waals surface area contributed by atoms with Gasteiger partial charge in [0.05, 0.1) is 22.2 Å². The van der Waals surface area contributed by atoms with Gasteiger partial charge in [0.15, 0.2) is 0 Å². The lowest BCUT2D eigenvalue weighted by atomic mass is 9.83. The summed E-state index contributed by atoms with van der Waals surface area (Å²) in [4.78, 5) is 40.2. The lowest BCUT2D eigenvalue weighted by Gasteiger charge is -2.37. The zero-order chi connectivity index (χ0) is 29.1. The van der Waals surface area contributed by atoms with E-state index in [-0.39, 0.29) is 29.8 Å². The number of pyridine rings is 1. The third-order valence-corrected chi connectivity index (χ3v) is 8.77. The highest BCUT2D eigenvalue weighted by Gasteiger charge is 2.31. The lowest BCUT2D eigenvalue weighted by Crippen LogP contribution is -2.41. The van der Waals surface area contributed by atoms with E-state index in [0.717, 1.165) is 69.2 Å². The molecule has 1 saturated heterocycles. The minimum Gasteiger partial charge on any atom is -0.390 e. The molecule has 2 aliphatic rings. The molecule has 0 radical (unpaired) electrons. The topological polar surface area (TPSA) is 116 Å². The molecule has 2 aromatic heterocycles. The number of likely N-dealkylation sites (tertiary alicyclic amines) is 1. The molecule has 9 heteroatoms. The molecule has 0 atom stereocenters. The van der Waals surface area contributed by atoms with Gasteiger partial charge < -0.3 is 20.0 Å². The first-order chi connectivity index (χ1) is 19.6. The van der Waals surface area contributed by atoms with Gasteiger partial charge in [0.2, 0.25) is 11.5 Å². The fraction of sp³-hybridized carbons (Fsp3) is 0.562. The predicted octanol–water partition coefficient (Wildman–Crippen LogP) is 4.34. The van der Waals surface area contributed by atoms with E-state index in [1.807, 2.05) is 27.7 Å². The highest BCUT2D eigenvalue weighted by Crippen LogP contribution is 2.34. The highest BCUT2D eigenvalue weighted by atomic mass is 16.3. The van der Waals surface area contributed by atoms with E-state index in [4.69, 9.17) is 0 Å². The fourth-order valence-corrected chi connectivity index (χ4v) is 6.43. The second kappa shape index (κ2) is 12.3. The molecule has 0 bridgehead atoms. The molecule has 3 N–H and O–H groups in total. The van der Waals surface area contributed by atoms with Crippen molar-refractivity contribution in [3.8, 4) is 0 Å². The van der Waals surface area contributed by atoms with Crippen molar-refractivity contribution in [1.82, 2.24) is 24.8 Å². The Labute approximate surface area is 242 Å². The van der Waals surface area contributed by atoms with Crippen LogP contribution in [0.25, 0.3) is 11.0 Å². The summed E-state index contributed by atoms with van der Waals surface area (Å²) in [6.45, 7) is 10.6. The number of piperidine rings is 1. The normalized spacial score (nSPS) is 21.5. The quantitative estimate of drug-likeness (QED) is 0.398. The first-order valence-corrected chi connectivity index (χ1v) is 15.1. The smallest absolute Gasteiger partial charge is 0.281 e. The van der Waals surface area contributed by atoms with Gasteiger partial charge in [0.25, 0.3) is 5.91 Å². The molecule has 1 aromatic carbocycles. The van der Waals surface area contributed by atoms with E-state index in [1.54, 1.807) is 18.3 Å². The van der Waals surface area contributed by atoms with Crippen LogP contribution in [0.3, 0.4) is 0 Å². The maximum Gasteiger partial charge on any atom is 0.281 e. The number of benzene rings is 1. The van der Waals surface area contributed by atoms with Gasteiger partial charge in [-0.2, -0.15) is 4.99 Å². The molecule has 0 spiro atoms. The van der Waals surface area contributed by atoms with E-state index in [9.17, 15) is 14.7 Å². The number of carbonyl (C=O) groups is 2. The van der Waals surface area contributed by atoms with Gasteiger partial charge in [-0.25, -0.2) is 0 Å². The molecule has 1 aliphatic carbocycles. The summed E-state index contributed by atoms with van der Waals surface area (Å²) in [5, 5.41) is 13.5. The number of hydrogen-bond acceptors (Lipinski definition) is 5. The molecule has 3 aromatic rings. The summed E-state index contributed by atoms with van der Waals surface area (Å²) in [5.41, 5.74) is 3.52. The van der Waals surface area contributed by atoms with Crippen LogP contribution in [0.15, 0.2) is 47.7 Å². The van der Waals surface area contributed by atoms with E-state index in [2.05, 4.69) is 47.9 Å². The van der Waals surface area contributed by atoms with Crippen molar-refractivity contribution >= 4 is 22.8 Å². The summed E-state index contributed by atoms with van der Waals surface area (Å²) in [7, 11) is 0. The number of H-pyrrole nitrogens is 1. The lowest BCUT2D eigenvalue weighted by molar-refractivity contribution is -0.126. The molecular weight excluding hydrogens is 516 g/mol. The van der Waals surface area contributed by atoms with Gasteiger partial charge >= 0.3 is 0 Å². The third kappa shape index (κ3) is 6.96. The molecule has 5 rings (SSSR count). The fourth-order valence-electron chi connectivity index (χ4n) is 6.43. The number of rotatable bonds is 7. The molecule has 1 aliphatic heterocycles. The van der Waals surface area contributed by atoms with Crippen LogP contribution in [-0.4, -0.2) is 61.1 Å². The number of hydrogen-bond donors (Lipinski definition) is 3. The maximum absolute atomic E-state index is 13.1. The zero-order valence-corrected chi connectivity index (χ0v) is 24.8. The Morgan fingerprint density at radius 2 is 1.85 bits per heavy atom. The summed E-state index contributed by atoms with van der Waals surface area (Å²) in [6, 6.07) is 10.2. The molecule has 2 fully saturated rings. The maximum atomic E-state index is 13.1. The SMILES string of the molecule is CC(C)NC(=O)C1CCC(n2c(=NC(=O)c3cccnc3)[nH]c3ccc(CN4CCC(C(C)(C)O)CC4)cc32)CC1. The second-order valence-corrected chi connectivity index (χ2v) is 12.7. The van der Waals surface area contributed by atoms with E-state index >= 15 is 0 Å². The second-order valence-electron chi connectivity index (χ2n) is 12.7. The Balaban J connectivity index is 1.43. The van der Waals surface area contributed by atoms with Crippen molar-refractivity contribution in [2.75, 3.05) is 13.1 Å². The van der Waals surface area contributed by atoms with Crippen molar-refractivity contribution in [3.05, 3.63) is 59.5 Å². The minimum atomic E-state index is -0.636. The van der Waals surface area contributed by atoms with Gasteiger partial charge in [-0.1, -0.05) is 6.07 Å². The number of carbonyl (C=O) groups excluding carboxylic acids is 2. The van der Waals surface area contributed by atoms with Crippen LogP contribution in [0, 0.1) is 11.8 Å². The summed E-state index contributed by atoms with van der Waals surface area (Å²) in [6.07, 6.45) is 8.44. The first-order valence-electron chi connectivity index (χ1n) is 15.1. The van der Waals surface area contributed by atoms with E-state index in [0.29, 0.717) is 17.1 Å². The molecule has 2 amide bonds. The first kappa shape index (κ1) is 29.2. The molecular formula is C32H44N6O3.